The molecule has 4 nitrogen and oxygen atoms in total. The summed E-state index contributed by atoms with van der Waals surface area (Å²) in [6.07, 6.45) is 3.46. The minimum Gasteiger partial charge on any atom is -0.399 e. The normalized spacial score (nSPS) is 14.4. The first-order valence-electron chi connectivity index (χ1n) is 6.56. The summed E-state index contributed by atoms with van der Waals surface area (Å²) < 4.78 is 0. The van der Waals surface area contributed by atoms with Crippen LogP contribution < -0.4 is 16.4 Å². The van der Waals surface area contributed by atoms with Crippen LogP contribution in [0.15, 0.2) is 24.3 Å². The van der Waals surface area contributed by atoms with Gasteiger partial charge in [0.15, 0.2) is 0 Å². The fourth-order valence-corrected chi connectivity index (χ4v) is 1.80. The molecule has 1 aliphatic carbocycles. The summed E-state index contributed by atoms with van der Waals surface area (Å²) in [6.45, 7) is 2.08. The van der Waals surface area contributed by atoms with Crippen LogP contribution in [0.4, 0.5) is 5.69 Å². The molecule has 1 saturated carbocycles. The van der Waals surface area contributed by atoms with Gasteiger partial charge in [0.05, 0.1) is 6.54 Å². The number of nitrogens with one attached hydrogen (secondary N) is 2. The molecule has 0 aliphatic heterocycles. The molecule has 4 N–H and O–H groups in total. The number of rotatable bonds is 7. The summed E-state index contributed by atoms with van der Waals surface area (Å²) >= 11 is 0. The molecular weight excluding hydrogens is 226 g/mol. The van der Waals surface area contributed by atoms with Gasteiger partial charge in [-0.15, -0.1) is 0 Å². The Morgan fingerprint density at radius 1 is 1.28 bits per heavy atom. The summed E-state index contributed by atoms with van der Waals surface area (Å²) in [5, 5.41) is 6.08. The maximum Gasteiger partial charge on any atom is 0.233 e. The second-order valence-electron chi connectivity index (χ2n) is 4.92. The smallest absolute Gasteiger partial charge is 0.233 e. The van der Waals surface area contributed by atoms with Gasteiger partial charge in [0.25, 0.3) is 0 Å². The van der Waals surface area contributed by atoms with Crippen molar-refractivity contribution in [3.8, 4) is 0 Å². The van der Waals surface area contributed by atoms with Crippen LogP contribution in [-0.4, -0.2) is 25.5 Å². The lowest BCUT2D eigenvalue weighted by molar-refractivity contribution is -0.120. The van der Waals surface area contributed by atoms with Crippen LogP contribution >= 0.6 is 0 Å². The molecule has 1 aromatic carbocycles. The molecule has 0 spiro atoms. The predicted molar refractivity (Wildman–Crippen MR) is 73.2 cm³/mol. The Kier molecular flexibility index (Phi) is 4.59. The average molecular weight is 247 g/mol. The maximum absolute atomic E-state index is 11.5. The number of anilines is 1. The SMILES string of the molecule is Nc1ccc(CCNC(=O)CNCC2CC2)cc1. The van der Waals surface area contributed by atoms with Crippen molar-refractivity contribution in [2.75, 3.05) is 25.4 Å². The first-order chi connectivity index (χ1) is 8.74. The summed E-state index contributed by atoms with van der Waals surface area (Å²) in [6, 6.07) is 7.75. The molecule has 2 rings (SSSR count). The Labute approximate surface area is 108 Å². The number of nitrogens with two attached hydrogens (primary N) is 1. The molecule has 1 aliphatic rings. The van der Waals surface area contributed by atoms with Gasteiger partial charge in [-0.25, -0.2) is 0 Å². The Morgan fingerprint density at radius 3 is 2.67 bits per heavy atom. The van der Waals surface area contributed by atoms with Gasteiger partial charge in [0, 0.05) is 12.2 Å². The van der Waals surface area contributed by atoms with Crippen molar-refractivity contribution in [2.24, 2.45) is 5.92 Å². The van der Waals surface area contributed by atoms with Crippen molar-refractivity contribution >= 4 is 11.6 Å². The van der Waals surface area contributed by atoms with Gasteiger partial charge >= 0.3 is 0 Å². The minimum absolute atomic E-state index is 0.0751. The summed E-state index contributed by atoms with van der Waals surface area (Å²) in [5.41, 5.74) is 7.57. The summed E-state index contributed by atoms with van der Waals surface area (Å²) in [5.74, 6) is 0.888. The van der Waals surface area contributed by atoms with Crippen LogP contribution in [0.1, 0.15) is 18.4 Å². The molecule has 18 heavy (non-hydrogen) atoms. The molecule has 0 unspecified atom stereocenters. The molecule has 0 aromatic heterocycles. The van der Waals surface area contributed by atoms with E-state index in [4.69, 9.17) is 5.73 Å². The fraction of sp³-hybridized carbons (Fsp3) is 0.500. The average Bonchev–Trinajstić information content (AvgIpc) is 3.16. The zero-order valence-corrected chi connectivity index (χ0v) is 10.6. The molecule has 1 amide bonds. The lowest BCUT2D eigenvalue weighted by atomic mass is 10.1. The van der Waals surface area contributed by atoms with E-state index >= 15 is 0 Å². The highest BCUT2D eigenvalue weighted by molar-refractivity contribution is 5.77. The largest absolute Gasteiger partial charge is 0.399 e. The van der Waals surface area contributed by atoms with Crippen LogP contribution in [0.2, 0.25) is 0 Å². The number of amides is 1. The number of carbonyl (C=O) groups is 1. The highest BCUT2D eigenvalue weighted by Crippen LogP contribution is 2.27. The maximum atomic E-state index is 11.5. The molecule has 0 atom stereocenters. The van der Waals surface area contributed by atoms with Crippen LogP contribution in [0, 0.1) is 5.92 Å². The summed E-state index contributed by atoms with van der Waals surface area (Å²) in [7, 11) is 0. The number of hydrogen-bond donors (Lipinski definition) is 3. The number of carbonyl (C=O) groups excluding carboxylic acids is 1. The first kappa shape index (κ1) is 12.9. The lowest BCUT2D eigenvalue weighted by Crippen LogP contribution is -2.35. The third-order valence-electron chi connectivity index (χ3n) is 3.13. The Hall–Kier alpha value is -1.55. The molecule has 0 radical (unpaired) electrons. The summed E-state index contributed by atoms with van der Waals surface area (Å²) in [4.78, 5) is 11.5. The van der Waals surface area contributed by atoms with Gasteiger partial charge in [-0.3, -0.25) is 4.79 Å². The van der Waals surface area contributed by atoms with Crippen LogP contribution in [0.5, 0.6) is 0 Å². The van der Waals surface area contributed by atoms with E-state index < -0.39 is 0 Å². The van der Waals surface area contributed by atoms with E-state index in [9.17, 15) is 4.79 Å². The van der Waals surface area contributed by atoms with E-state index in [1.807, 2.05) is 24.3 Å². The van der Waals surface area contributed by atoms with Crippen LogP contribution in [-0.2, 0) is 11.2 Å². The van der Waals surface area contributed by atoms with E-state index in [2.05, 4.69) is 10.6 Å². The predicted octanol–water partition coefficient (Wildman–Crippen LogP) is 0.927. The number of benzene rings is 1. The van der Waals surface area contributed by atoms with Gasteiger partial charge < -0.3 is 16.4 Å². The van der Waals surface area contributed by atoms with E-state index in [1.165, 1.54) is 18.4 Å². The highest BCUT2D eigenvalue weighted by Gasteiger charge is 2.20. The van der Waals surface area contributed by atoms with Gasteiger partial charge in [-0.05, 0) is 49.4 Å². The monoisotopic (exact) mass is 247 g/mol. The van der Waals surface area contributed by atoms with Crippen molar-refractivity contribution in [2.45, 2.75) is 19.3 Å². The Morgan fingerprint density at radius 2 is 2.00 bits per heavy atom. The molecule has 1 aromatic rings. The number of hydrogen-bond acceptors (Lipinski definition) is 3. The second-order valence-corrected chi connectivity index (χ2v) is 4.92. The van der Waals surface area contributed by atoms with Gasteiger partial charge in [0.2, 0.25) is 5.91 Å². The second kappa shape index (κ2) is 6.40. The minimum atomic E-state index is 0.0751. The van der Waals surface area contributed by atoms with Crippen molar-refractivity contribution in [3.63, 3.8) is 0 Å². The van der Waals surface area contributed by atoms with Crippen LogP contribution in [0.3, 0.4) is 0 Å². The zero-order valence-electron chi connectivity index (χ0n) is 10.6. The van der Waals surface area contributed by atoms with Gasteiger partial charge in [-0.1, -0.05) is 12.1 Å². The fourth-order valence-electron chi connectivity index (χ4n) is 1.80. The molecule has 0 bridgehead atoms. The zero-order chi connectivity index (χ0) is 12.8. The quantitative estimate of drug-likeness (QED) is 0.628. The Balaban J connectivity index is 1.56. The highest BCUT2D eigenvalue weighted by atomic mass is 16.1. The third-order valence-corrected chi connectivity index (χ3v) is 3.13. The van der Waals surface area contributed by atoms with Gasteiger partial charge in [0.1, 0.15) is 0 Å². The van der Waals surface area contributed by atoms with Crippen molar-refractivity contribution in [1.29, 1.82) is 0 Å². The van der Waals surface area contributed by atoms with E-state index in [0.717, 1.165) is 24.6 Å². The molecule has 98 valence electrons. The van der Waals surface area contributed by atoms with Crippen molar-refractivity contribution in [1.82, 2.24) is 10.6 Å². The van der Waals surface area contributed by atoms with Crippen molar-refractivity contribution < 1.29 is 4.79 Å². The van der Waals surface area contributed by atoms with E-state index in [1.54, 1.807) is 0 Å². The molecule has 4 heteroatoms. The first-order valence-corrected chi connectivity index (χ1v) is 6.56. The van der Waals surface area contributed by atoms with E-state index in [-0.39, 0.29) is 5.91 Å². The van der Waals surface area contributed by atoms with E-state index in [0.29, 0.717) is 13.1 Å². The third kappa shape index (κ3) is 4.75. The molecular formula is C14H21N3O. The molecule has 0 saturated heterocycles. The number of nitrogen functional groups attached to an aromatic ring is 1. The lowest BCUT2D eigenvalue weighted by Gasteiger charge is -2.06. The molecule has 1 fully saturated rings. The molecule has 0 heterocycles. The topological polar surface area (TPSA) is 67.1 Å². The Bertz CT molecular complexity index is 385. The standard InChI is InChI=1S/C14H21N3O/c15-13-5-3-11(4-6-13)7-8-17-14(18)10-16-9-12-1-2-12/h3-6,12,16H,1-2,7-10,15H2,(H,17,18). The van der Waals surface area contributed by atoms with Gasteiger partial charge in [-0.2, -0.15) is 0 Å². The van der Waals surface area contributed by atoms with Crippen molar-refractivity contribution in [3.05, 3.63) is 29.8 Å². The van der Waals surface area contributed by atoms with Crippen LogP contribution in [0.25, 0.3) is 0 Å².